The van der Waals surface area contributed by atoms with Gasteiger partial charge in [-0.05, 0) is 37.6 Å². The van der Waals surface area contributed by atoms with E-state index in [-0.39, 0.29) is 5.25 Å². The van der Waals surface area contributed by atoms with Crippen LogP contribution in [0.3, 0.4) is 0 Å². The molecule has 4 nitrogen and oxygen atoms in total. The van der Waals surface area contributed by atoms with Crippen LogP contribution in [0.15, 0.2) is 43.0 Å². The monoisotopic (exact) mass is 305 g/mol. The molecular formula is C16H23N3OS. The van der Waals surface area contributed by atoms with Crippen LogP contribution in [0.25, 0.3) is 5.69 Å². The zero-order valence-corrected chi connectivity index (χ0v) is 13.6. The number of hydrogen-bond acceptors (Lipinski definition) is 3. The van der Waals surface area contributed by atoms with Crippen molar-refractivity contribution >= 4 is 10.8 Å². The Labute approximate surface area is 129 Å². The molecule has 21 heavy (non-hydrogen) atoms. The number of nitrogens with zero attached hydrogens (tertiary/aromatic N) is 2. The molecule has 3 unspecified atom stereocenters. The highest BCUT2D eigenvalue weighted by Gasteiger charge is 2.08. The molecule has 0 aliphatic heterocycles. The van der Waals surface area contributed by atoms with Crippen molar-refractivity contribution in [3.63, 3.8) is 0 Å². The van der Waals surface area contributed by atoms with Crippen LogP contribution < -0.4 is 5.32 Å². The SMILES string of the molecule is CC(NCCC(C)S(C)=O)c1ccc(-n2ccnc2)cc1. The highest BCUT2D eigenvalue weighted by molar-refractivity contribution is 7.84. The largest absolute Gasteiger partial charge is 0.310 e. The number of benzene rings is 1. The van der Waals surface area contributed by atoms with Crippen molar-refractivity contribution in [1.29, 1.82) is 0 Å². The molecule has 2 rings (SSSR count). The quantitative estimate of drug-likeness (QED) is 0.855. The first-order valence-corrected chi connectivity index (χ1v) is 8.84. The van der Waals surface area contributed by atoms with Gasteiger partial charge in [0, 0.05) is 46.4 Å². The normalized spacial score (nSPS) is 15.6. The minimum Gasteiger partial charge on any atom is -0.310 e. The van der Waals surface area contributed by atoms with Gasteiger partial charge in [0.1, 0.15) is 0 Å². The minimum atomic E-state index is -0.739. The third-order valence-corrected chi connectivity index (χ3v) is 5.13. The van der Waals surface area contributed by atoms with E-state index in [0.717, 1.165) is 18.7 Å². The maximum atomic E-state index is 11.3. The van der Waals surface area contributed by atoms with E-state index in [4.69, 9.17) is 0 Å². The Balaban J connectivity index is 1.88. The lowest BCUT2D eigenvalue weighted by atomic mass is 10.1. The molecule has 2 aromatic rings. The summed E-state index contributed by atoms with van der Waals surface area (Å²) >= 11 is 0. The molecule has 0 bridgehead atoms. The van der Waals surface area contributed by atoms with Gasteiger partial charge in [0.2, 0.25) is 0 Å². The number of imidazole rings is 1. The second-order valence-electron chi connectivity index (χ2n) is 5.34. The molecule has 0 saturated carbocycles. The molecule has 0 aliphatic rings. The predicted octanol–water partition coefficient (Wildman–Crippen LogP) is 2.68. The summed E-state index contributed by atoms with van der Waals surface area (Å²) in [5.41, 5.74) is 2.36. The fourth-order valence-electron chi connectivity index (χ4n) is 2.13. The lowest BCUT2D eigenvalue weighted by Gasteiger charge is -2.16. The maximum absolute atomic E-state index is 11.3. The van der Waals surface area contributed by atoms with E-state index in [1.54, 1.807) is 18.8 Å². The first kappa shape index (κ1) is 15.9. The van der Waals surface area contributed by atoms with Crippen LogP contribution in [-0.2, 0) is 10.8 Å². The molecule has 0 saturated heterocycles. The van der Waals surface area contributed by atoms with Gasteiger partial charge in [0.25, 0.3) is 0 Å². The van der Waals surface area contributed by atoms with E-state index in [1.807, 2.05) is 17.7 Å². The van der Waals surface area contributed by atoms with Crippen molar-refractivity contribution < 1.29 is 4.21 Å². The van der Waals surface area contributed by atoms with Gasteiger partial charge in [-0.2, -0.15) is 0 Å². The zero-order valence-electron chi connectivity index (χ0n) is 12.8. The molecule has 1 aromatic heterocycles. The highest BCUT2D eigenvalue weighted by Crippen LogP contribution is 2.15. The van der Waals surface area contributed by atoms with Gasteiger partial charge in [0.15, 0.2) is 0 Å². The lowest BCUT2D eigenvalue weighted by molar-refractivity contribution is 0.554. The van der Waals surface area contributed by atoms with Gasteiger partial charge in [-0.3, -0.25) is 4.21 Å². The van der Waals surface area contributed by atoms with Crippen LogP contribution in [0.5, 0.6) is 0 Å². The van der Waals surface area contributed by atoms with Crippen LogP contribution in [0.1, 0.15) is 31.9 Å². The van der Waals surface area contributed by atoms with Gasteiger partial charge in [-0.15, -0.1) is 0 Å². The molecule has 3 atom stereocenters. The number of rotatable bonds is 7. The summed E-state index contributed by atoms with van der Waals surface area (Å²) in [7, 11) is -0.739. The van der Waals surface area contributed by atoms with E-state index in [0.29, 0.717) is 6.04 Å². The third kappa shape index (κ3) is 4.51. The van der Waals surface area contributed by atoms with E-state index >= 15 is 0 Å². The van der Waals surface area contributed by atoms with E-state index < -0.39 is 10.8 Å². The van der Waals surface area contributed by atoms with Gasteiger partial charge in [0.05, 0.1) is 6.33 Å². The first-order valence-electron chi connectivity index (χ1n) is 7.22. The summed E-state index contributed by atoms with van der Waals surface area (Å²) in [5, 5.41) is 3.73. The summed E-state index contributed by atoms with van der Waals surface area (Å²) in [6.07, 6.45) is 8.20. The highest BCUT2D eigenvalue weighted by atomic mass is 32.2. The van der Waals surface area contributed by atoms with Gasteiger partial charge >= 0.3 is 0 Å². The molecule has 1 N–H and O–H groups in total. The Hall–Kier alpha value is -1.46. The molecule has 0 radical (unpaired) electrons. The van der Waals surface area contributed by atoms with Crippen LogP contribution in [-0.4, -0.2) is 31.8 Å². The lowest BCUT2D eigenvalue weighted by Crippen LogP contribution is -2.24. The van der Waals surface area contributed by atoms with Crippen LogP contribution in [0.2, 0.25) is 0 Å². The smallest absolute Gasteiger partial charge is 0.0991 e. The summed E-state index contributed by atoms with van der Waals surface area (Å²) in [6.45, 7) is 5.06. The first-order chi connectivity index (χ1) is 10.1. The van der Waals surface area contributed by atoms with E-state index in [2.05, 4.69) is 41.5 Å². The van der Waals surface area contributed by atoms with Gasteiger partial charge < -0.3 is 9.88 Å². The van der Waals surface area contributed by atoms with Gasteiger partial charge in [-0.25, -0.2) is 4.98 Å². The van der Waals surface area contributed by atoms with Crippen molar-refractivity contribution in [3.8, 4) is 5.69 Å². The van der Waals surface area contributed by atoms with Crippen LogP contribution >= 0.6 is 0 Å². The summed E-state index contributed by atoms with van der Waals surface area (Å²) in [4.78, 5) is 4.05. The average molecular weight is 305 g/mol. The van der Waals surface area contributed by atoms with E-state index in [9.17, 15) is 4.21 Å². The van der Waals surface area contributed by atoms with Crippen molar-refractivity contribution in [2.24, 2.45) is 0 Å². The minimum absolute atomic E-state index is 0.244. The van der Waals surface area contributed by atoms with Crippen LogP contribution in [0.4, 0.5) is 0 Å². The zero-order chi connectivity index (χ0) is 15.2. The number of nitrogens with one attached hydrogen (secondary N) is 1. The summed E-state index contributed by atoms with van der Waals surface area (Å²) < 4.78 is 13.3. The molecule has 1 heterocycles. The van der Waals surface area contributed by atoms with Crippen LogP contribution in [0, 0.1) is 0 Å². The molecule has 114 valence electrons. The fourth-order valence-corrected chi connectivity index (χ4v) is 2.58. The average Bonchev–Trinajstić information content (AvgIpc) is 3.01. The molecule has 0 spiro atoms. The van der Waals surface area contributed by atoms with Crippen molar-refractivity contribution in [2.75, 3.05) is 12.8 Å². The second-order valence-corrected chi connectivity index (χ2v) is 7.14. The Morgan fingerprint density at radius 1 is 1.29 bits per heavy atom. The standard InChI is InChI=1S/C16H23N3OS/c1-13(21(3)20)8-9-18-14(2)15-4-6-16(7-5-15)19-11-10-17-12-19/h4-7,10-14,18H,8-9H2,1-3H3. The Morgan fingerprint density at radius 3 is 2.57 bits per heavy atom. The maximum Gasteiger partial charge on any atom is 0.0991 e. The number of hydrogen-bond donors (Lipinski definition) is 1. The molecule has 0 amide bonds. The Kier molecular flexibility index (Phi) is 5.70. The second kappa shape index (κ2) is 7.52. The fraction of sp³-hybridized carbons (Fsp3) is 0.438. The molecule has 0 fully saturated rings. The Bertz CT molecular complexity index is 566. The topological polar surface area (TPSA) is 46.9 Å². The van der Waals surface area contributed by atoms with Crippen molar-refractivity contribution in [2.45, 2.75) is 31.6 Å². The molecule has 0 aliphatic carbocycles. The molecule has 5 heteroatoms. The van der Waals surface area contributed by atoms with Gasteiger partial charge in [-0.1, -0.05) is 19.1 Å². The number of aromatic nitrogens is 2. The predicted molar refractivity (Wildman–Crippen MR) is 88.1 cm³/mol. The molecule has 1 aromatic carbocycles. The van der Waals surface area contributed by atoms with Crippen molar-refractivity contribution in [1.82, 2.24) is 14.9 Å². The van der Waals surface area contributed by atoms with Crippen molar-refractivity contribution in [3.05, 3.63) is 48.5 Å². The van der Waals surface area contributed by atoms with E-state index in [1.165, 1.54) is 5.56 Å². The molecular weight excluding hydrogens is 282 g/mol. The summed E-state index contributed by atoms with van der Waals surface area (Å²) in [6, 6.07) is 8.75. The third-order valence-electron chi connectivity index (χ3n) is 3.76. The summed E-state index contributed by atoms with van der Waals surface area (Å²) in [5.74, 6) is 0. The Morgan fingerprint density at radius 2 is 2.00 bits per heavy atom.